The molecule has 6 heteroatoms. The molecule has 18 heavy (non-hydrogen) atoms. The minimum absolute atomic E-state index is 0.0835. The smallest absolute Gasteiger partial charge is 0.208 e. The van der Waals surface area contributed by atoms with E-state index in [1.54, 1.807) is 18.2 Å². The van der Waals surface area contributed by atoms with Crippen LogP contribution < -0.4 is 4.72 Å². The van der Waals surface area contributed by atoms with E-state index >= 15 is 0 Å². The Labute approximate surface area is 121 Å². The lowest BCUT2D eigenvalue weighted by Crippen LogP contribution is -2.37. The van der Waals surface area contributed by atoms with Crippen molar-refractivity contribution in [1.29, 1.82) is 0 Å². The second-order valence-electron chi connectivity index (χ2n) is 4.42. The van der Waals surface area contributed by atoms with Crippen molar-refractivity contribution in [2.24, 2.45) is 0 Å². The molecule has 2 rings (SSSR count). The van der Waals surface area contributed by atoms with Crippen LogP contribution in [0.5, 0.6) is 0 Å². The summed E-state index contributed by atoms with van der Waals surface area (Å²) < 4.78 is 28.2. The zero-order valence-corrected chi connectivity index (χ0v) is 13.4. The summed E-state index contributed by atoms with van der Waals surface area (Å²) in [7, 11) is -3.38. The second kappa shape index (κ2) is 5.94. The van der Waals surface area contributed by atoms with E-state index in [0.29, 0.717) is 4.90 Å². The molecule has 0 spiro atoms. The molecule has 0 aliphatic carbocycles. The monoisotopic (exact) mass is 349 g/mol. The lowest BCUT2D eigenvalue weighted by molar-refractivity contribution is 0.529. The third-order valence-electron chi connectivity index (χ3n) is 2.98. The molecule has 0 unspecified atom stereocenters. The lowest BCUT2D eigenvalue weighted by atomic mass is 10.2. The normalized spacial score (nSPS) is 17.9. The van der Waals surface area contributed by atoms with Gasteiger partial charge in [0.2, 0.25) is 10.0 Å². The minimum atomic E-state index is -3.38. The van der Waals surface area contributed by atoms with Gasteiger partial charge in [-0.3, -0.25) is 0 Å². The fourth-order valence-corrected chi connectivity index (χ4v) is 4.63. The Bertz CT molecular complexity index is 525. The zero-order valence-electron chi connectivity index (χ0n) is 10.1. The van der Waals surface area contributed by atoms with Gasteiger partial charge in [-0.25, -0.2) is 13.1 Å². The van der Waals surface area contributed by atoms with E-state index in [2.05, 4.69) is 20.7 Å². The van der Waals surface area contributed by atoms with Gasteiger partial charge in [-0.05, 0) is 55.0 Å². The highest BCUT2D eigenvalue weighted by atomic mass is 79.9. The third kappa shape index (κ3) is 3.50. The van der Waals surface area contributed by atoms with E-state index in [1.807, 2.05) is 18.7 Å². The number of sulfonamides is 1. The first-order valence-corrected chi connectivity index (χ1v) is 9.28. The van der Waals surface area contributed by atoms with Crippen molar-refractivity contribution in [3.05, 3.63) is 28.2 Å². The fraction of sp³-hybridized carbons (Fsp3) is 0.500. The molecule has 1 aromatic rings. The van der Waals surface area contributed by atoms with Gasteiger partial charge in [-0.15, -0.1) is 0 Å². The molecule has 0 atom stereocenters. The first kappa shape index (κ1) is 14.4. The Kier molecular flexibility index (Phi) is 4.75. The molecular formula is C12H16BrNO2S2. The van der Waals surface area contributed by atoms with Crippen molar-refractivity contribution in [2.75, 3.05) is 11.5 Å². The molecule has 0 bridgehead atoms. The molecule has 1 N–H and O–H groups in total. The molecular weight excluding hydrogens is 334 g/mol. The number of rotatable bonds is 3. The quantitative estimate of drug-likeness (QED) is 0.912. The Hall–Kier alpha value is -0.0400. The second-order valence-corrected chi connectivity index (χ2v) is 8.21. The van der Waals surface area contributed by atoms with Crippen LogP contribution in [-0.2, 0) is 10.0 Å². The Morgan fingerprint density at radius 2 is 2.00 bits per heavy atom. The van der Waals surface area contributed by atoms with E-state index in [0.717, 1.165) is 34.4 Å². The third-order valence-corrected chi connectivity index (χ3v) is 6.44. The van der Waals surface area contributed by atoms with Crippen LogP contribution in [0.4, 0.5) is 0 Å². The number of thioether (sulfide) groups is 1. The Morgan fingerprint density at radius 3 is 2.61 bits per heavy atom. The van der Waals surface area contributed by atoms with Gasteiger partial charge in [-0.1, -0.05) is 15.9 Å². The molecule has 100 valence electrons. The van der Waals surface area contributed by atoms with Crippen molar-refractivity contribution < 1.29 is 8.42 Å². The van der Waals surface area contributed by atoms with E-state index < -0.39 is 10.0 Å². The van der Waals surface area contributed by atoms with Gasteiger partial charge in [0, 0.05) is 10.5 Å². The maximum atomic E-state index is 12.2. The molecule has 3 nitrogen and oxygen atoms in total. The summed E-state index contributed by atoms with van der Waals surface area (Å²) in [6.07, 6.45) is 1.83. The first-order valence-electron chi connectivity index (χ1n) is 5.85. The maximum absolute atomic E-state index is 12.2. The maximum Gasteiger partial charge on any atom is 0.240 e. The Morgan fingerprint density at radius 1 is 1.33 bits per heavy atom. The molecule has 1 aromatic carbocycles. The zero-order chi connectivity index (χ0) is 13.2. The van der Waals surface area contributed by atoms with Crippen LogP contribution in [0.3, 0.4) is 0 Å². The van der Waals surface area contributed by atoms with Crippen LogP contribution in [0.1, 0.15) is 18.4 Å². The van der Waals surface area contributed by atoms with Crippen molar-refractivity contribution in [2.45, 2.75) is 30.7 Å². The average molecular weight is 350 g/mol. The van der Waals surface area contributed by atoms with Crippen molar-refractivity contribution >= 4 is 37.7 Å². The van der Waals surface area contributed by atoms with E-state index in [1.165, 1.54) is 0 Å². The molecule has 1 heterocycles. The van der Waals surface area contributed by atoms with Crippen molar-refractivity contribution in [1.82, 2.24) is 4.72 Å². The minimum Gasteiger partial charge on any atom is -0.208 e. The van der Waals surface area contributed by atoms with E-state index in [4.69, 9.17) is 0 Å². The predicted molar refractivity (Wildman–Crippen MR) is 79.5 cm³/mol. The molecule has 0 saturated carbocycles. The van der Waals surface area contributed by atoms with Crippen LogP contribution in [0.25, 0.3) is 0 Å². The van der Waals surface area contributed by atoms with Gasteiger partial charge in [0.25, 0.3) is 0 Å². The molecule has 0 aromatic heterocycles. The van der Waals surface area contributed by atoms with Crippen LogP contribution in [0.15, 0.2) is 27.6 Å². The highest BCUT2D eigenvalue weighted by Crippen LogP contribution is 2.22. The van der Waals surface area contributed by atoms with Gasteiger partial charge in [0.15, 0.2) is 0 Å². The van der Waals surface area contributed by atoms with Gasteiger partial charge in [-0.2, -0.15) is 11.8 Å². The Balaban J connectivity index is 2.16. The van der Waals surface area contributed by atoms with Gasteiger partial charge < -0.3 is 0 Å². The largest absolute Gasteiger partial charge is 0.240 e. The summed E-state index contributed by atoms with van der Waals surface area (Å²) in [5.74, 6) is 2.07. The lowest BCUT2D eigenvalue weighted by Gasteiger charge is -2.22. The average Bonchev–Trinajstić information content (AvgIpc) is 2.33. The van der Waals surface area contributed by atoms with Crippen LogP contribution in [-0.4, -0.2) is 26.0 Å². The summed E-state index contributed by atoms with van der Waals surface area (Å²) in [6, 6.07) is 5.20. The predicted octanol–water partition coefficient (Wildman–Crippen LogP) is 2.93. The van der Waals surface area contributed by atoms with Crippen LogP contribution in [0.2, 0.25) is 0 Å². The molecule has 1 fully saturated rings. The van der Waals surface area contributed by atoms with Crippen molar-refractivity contribution in [3.63, 3.8) is 0 Å². The highest BCUT2D eigenvalue weighted by Gasteiger charge is 2.22. The van der Waals surface area contributed by atoms with E-state index in [-0.39, 0.29) is 6.04 Å². The van der Waals surface area contributed by atoms with Gasteiger partial charge >= 0.3 is 0 Å². The number of hydrogen-bond donors (Lipinski definition) is 1. The van der Waals surface area contributed by atoms with Gasteiger partial charge in [0.1, 0.15) is 0 Å². The summed E-state index contributed by atoms with van der Waals surface area (Å²) in [5.41, 5.74) is 0.928. The molecule has 1 aliphatic rings. The summed E-state index contributed by atoms with van der Waals surface area (Å²) in [6.45, 7) is 1.89. The fourth-order valence-electron chi connectivity index (χ4n) is 1.89. The number of hydrogen-bond acceptors (Lipinski definition) is 3. The number of halogens is 1. The van der Waals surface area contributed by atoms with E-state index in [9.17, 15) is 8.42 Å². The summed E-state index contributed by atoms with van der Waals surface area (Å²) in [5, 5.41) is 0. The topological polar surface area (TPSA) is 46.2 Å². The summed E-state index contributed by atoms with van der Waals surface area (Å²) in [4.78, 5) is 0.349. The van der Waals surface area contributed by atoms with Crippen LogP contribution in [0, 0.1) is 6.92 Å². The highest BCUT2D eigenvalue weighted by molar-refractivity contribution is 9.10. The molecule has 1 aliphatic heterocycles. The SMILES string of the molecule is Cc1cc(S(=O)(=O)NC2CCSCC2)ccc1Br. The number of nitrogens with one attached hydrogen (secondary N) is 1. The van der Waals surface area contributed by atoms with Crippen LogP contribution >= 0.6 is 27.7 Å². The number of aryl methyl sites for hydroxylation is 1. The summed E-state index contributed by atoms with van der Waals surface area (Å²) >= 11 is 5.26. The number of benzene rings is 1. The van der Waals surface area contributed by atoms with Gasteiger partial charge in [0.05, 0.1) is 4.90 Å². The standard InChI is InChI=1S/C12H16BrNO2S2/c1-9-8-11(2-3-12(9)13)18(15,16)14-10-4-6-17-7-5-10/h2-3,8,10,14H,4-7H2,1H3. The molecule has 0 radical (unpaired) electrons. The molecule has 0 amide bonds. The van der Waals surface area contributed by atoms with Crippen molar-refractivity contribution in [3.8, 4) is 0 Å². The first-order chi connectivity index (χ1) is 8.49. The molecule has 1 saturated heterocycles.